The summed E-state index contributed by atoms with van der Waals surface area (Å²) in [5, 5.41) is 3.33. The number of benzene rings is 1. The van der Waals surface area contributed by atoms with Gasteiger partial charge in [-0.2, -0.15) is 13.2 Å². The minimum absolute atomic E-state index is 0.149. The number of rotatable bonds is 7. The van der Waals surface area contributed by atoms with E-state index >= 15 is 0 Å². The fraction of sp³-hybridized carbons (Fsp3) is 0.222. The second-order valence-corrected chi connectivity index (χ2v) is 6.07. The Hall–Kier alpha value is -3.03. The lowest BCUT2D eigenvalue weighted by atomic mass is 10.1. The van der Waals surface area contributed by atoms with Gasteiger partial charge < -0.3 is 10.7 Å². The molecule has 2 aromatic rings. The highest BCUT2D eigenvalue weighted by molar-refractivity contribution is 5.60. The molecule has 0 spiro atoms. The summed E-state index contributed by atoms with van der Waals surface area (Å²) < 4.78 is 37.2. The van der Waals surface area contributed by atoms with Crippen LogP contribution < -0.4 is 16.2 Å². The average molecular weight is 361 g/mol. The largest absolute Gasteiger partial charge is 0.432 e. The van der Waals surface area contributed by atoms with Crippen LogP contribution in [0.4, 0.5) is 19.1 Å². The van der Waals surface area contributed by atoms with Gasteiger partial charge in [-0.3, -0.25) is 5.43 Å². The SMILES string of the molecule is C=C(NNC(=C)C(F)(F)F)c1cnc(NC2(c3ccccc3)CC2)nc1. The summed E-state index contributed by atoms with van der Waals surface area (Å²) in [4.78, 5) is 8.46. The number of hydrazine groups is 1. The first-order valence-corrected chi connectivity index (χ1v) is 7.93. The molecule has 26 heavy (non-hydrogen) atoms. The van der Waals surface area contributed by atoms with Crippen LogP contribution in [0.3, 0.4) is 0 Å². The molecule has 0 radical (unpaired) electrons. The van der Waals surface area contributed by atoms with Gasteiger partial charge >= 0.3 is 6.18 Å². The molecule has 1 aromatic heterocycles. The zero-order chi connectivity index (χ0) is 18.8. The maximum atomic E-state index is 12.4. The first kappa shape index (κ1) is 17.8. The molecule has 0 aliphatic heterocycles. The monoisotopic (exact) mass is 361 g/mol. The Morgan fingerprint density at radius 1 is 1.00 bits per heavy atom. The number of anilines is 1. The molecular formula is C18H18F3N5. The standard InChI is InChI=1S/C18H18F3N5/c1-12(25-26-13(2)18(19,20)21)14-10-22-16(23-11-14)24-17(8-9-17)15-6-4-3-5-7-15/h3-7,10-11,25-26H,1-2,8-9H2,(H,22,23,24). The Kier molecular flexibility index (Phi) is 4.58. The lowest BCUT2D eigenvalue weighted by Crippen LogP contribution is -2.35. The highest BCUT2D eigenvalue weighted by Crippen LogP contribution is 2.47. The van der Waals surface area contributed by atoms with Crippen molar-refractivity contribution in [3.8, 4) is 0 Å². The molecule has 1 aliphatic rings. The van der Waals surface area contributed by atoms with Crippen LogP contribution in [0.25, 0.3) is 5.70 Å². The van der Waals surface area contributed by atoms with Crippen molar-refractivity contribution in [3.63, 3.8) is 0 Å². The zero-order valence-corrected chi connectivity index (χ0v) is 13.9. The van der Waals surface area contributed by atoms with Crippen molar-refractivity contribution >= 4 is 11.6 Å². The van der Waals surface area contributed by atoms with Crippen LogP contribution in [0.1, 0.15) is 24.0 Å². The van der Waals surface area contributed by atoms with E-state index in [9.17, 15) is 13.2 Å². The normalized spacial score (nSPS) is 15.0. The first-order chi connectivity index (χ1) is 12.3. The summed E-state index contributed by atoms with van der Waals surface area (Å²) in [7, 11) is 0. The van der Waals surface area contributed by atoms with Gasteiger partial charge in [0, 0.05) is 18.0 Å². The van der Waals surface area contributed by atoms with Gasteiger partial charge in [0.1, 0.15) is 5.70 Å². The van der Waals surface area contributed by atoms with Crippen molar-refractivity contribution in [2.45, 2.75) is 24.6 Å². The third-order valence-corrected chi connectivity index (χ3v) is 4.13. The summed E-state index contributed by atoms with van der Waals surface area (Å²) in [5.41, 5.74) is 4.88. The van der Waals surface area contributed by atoms with E-state index in [0.717, 1.165) is 12.8 Å². The molecule has 1 aromatic carbocycles. The molecule has 3 N–H and O–H groups in total. The quantitative estimate of drug-likeness (QED) is 0.656. The Balaban J connectivity index is 1.60. The molecule has 0 saturated heterocycles. The van der Waals surface area contributed by atoms with Gasteiger partial charge in [0.25, 0.3) is 0 Å². The smallest absolute Gasteiger partial charge is 0.345 e. The second-order valence-electron chi connectivity index (χ2n) is 6.07. The highest BCUT2D eigenvalue weighted by Gasteiger charge is 2.44. The van der Waals surface area contributed by atoms with Crippen molar-refractivity contribution in [3.05, 3.63) is 72.7 Å². The van der Waals surface area contributed by atoms with Gasteiger partial charge in [0.15, 0.2) is 0 Å². The fourth-order valence-corrected chi connectivity index (χ4v) is 2.42. The molecule has 0 bridgehead atoms. The van der Waals surface area contributed by atoms with Gasteiger partial charge in [0.2, 0.25) is 5.95 Å². The molecular weight excluding hydrogens is 343 g/mol. The Labute approximate surface area is 149 Å². The van der Waals surface area contributed by atoms with Crippen LogP contribution in [0.2, 0.25) is 0 Å². The predicted molar refractivity (Wildman–Crippen MR) is 93.5 cm³/mol. The number of nitrogens with one attached hydrogen (secondary N) is 3. The average Bonchev–Trinajstić information content (AvgIpc) is 3.40. The molecule has 0 unspecified atom stereocenters. The van der Waals surface area contributed by atoms with E-state index in [1.807, 2.05) is 23.6 Å². The summed E-state index contributed by atoms with van der Waals surface area (Å²) >= 11 is 0. The van der Waals surface area contributed by atoms with Gasteiger partial charge in [0.05, 0.1) is 11.2 Å². The number of allylic oxidation sites excluding steroid dienone is 1. The summed E-state index contributed by atoms with van der Waals surface area (Å²) in [5.74, 6) is 0.454. The van der Waals surface area contributed by atoms with Crippen molar-refractivity contribution in [1.29, 1.82) is 0 Å². The second kappa shape index (κ2) is 6.70. The number of halogens is 3. The van der Waals surface area contributed by atoms with Gasteiger partial charge in [-0.25, -0.2) is 9.97 Å². The molecule has 8 heteroatoms. The van der Waals surface area contributed by atoms with E-state index in [4.69, 9.17) is 0 Å². The molecule has 0 atom stereocenters. The third kappa shape index (κ3) is 3.96. The van der Waals surface area contributed by atoms with E-state index in [2.05, 4.69) is 46.0 Å². The summed E-state index contributed by atoms with van der Waals surface area (Å²) in [6, 6.07) is 10.0. The van der Waals surface area contributed by atoms with Crippen molar-refractivity contribution in [2.24, 2.45) is 0 Å². The number of hydrogen-bond donors (Lipinski definition) is 3. The van der Waals surface area contributed by atoms with Crippen molar-refractivity contribution in [1.82, 2.24) is 20.8 Å². The summed E-state index contributed by atoms with van der Waals surface area (Å²) in [6.45, 7) is 6.56. The minimum atomic E-state index is -4.53. The molecule has 1 fully saturated rings. The third-order valence-electron chi connectivity index (χ3n) is 4.13. The lowest BCUT2D eigenvalue weighted by molar-refractivity contribution is -0.0970. The van der Waals surface area contributed by atoms with E-state index in [-0.39, 0.29) is 11.2 Å². The highest BCUT2D eigenvalue weighted by atomic mass is 19.4. The minimum Gasteiger partial charge on any atom is -0.345 e. The molecule has 1 saturated carbocycles. The van der Waals surface area contributed by atoms with Gasteiger partial charge in [-0.15, -0.1) is 0 Å². The molecule has 3 rings (SSSR count). The van der Waals surface area contributed by atoms with E-state index in [1.54, 1.807) is 0 Å². The number of nitrogens with zero attached hydrogens (tertiary/aromatic N) is 2. The van der Waals surface area contributed by atoms with Crippen LogP contribution in [0.5, 0.6) is 0 Å². The number of alkyl halides is 3. The van der Waals surface area contributed by atoms with E-state index in [1.165, 1.54) is 18.0 Å². The van der Waals surface area contributed by atoms with Crippen LogP contribution >= 0.6 is 0 Å². The number of aromatic nitrogens is 2. The molecule has 5 nitrogen and oxygen atoms in total. The summed E-state index contributed by atoms with van der Waals surface area (Å²) in [6.07, 6.45) is 0.418. The lowest BCUT2D eigenvalue weighted by Gasteiger charge is -2.18. The fourth-order valence-electron chi connectivity index (χ4n) is 2.42. The number of hydrogen-bond acceptors (Lipinski definition) is 5. The topological polar surface area (TPSA) is 61.9 Å². The van der Waals surface area contributed by atoms with Crippen LogP contribution in [-0.4, -0.2) is 16.1 Å². The first-order valence-electron chi connectivity index (χ1n) is 7.93. The molecule has 136 valence electrons. The molecule has 1 heterocycles. The Bertz CT molecular complexity index is 796. The predicted octanol–water partition coefficient (Wildman–Crippen LogP) is 3.72. The van der Waals surface area contributed by atoms with Gasteiger partial charge in [-0.1, -0.05) is 43.5 Å². The van der Waals surface area contributed by atoms with Crippen LogP contribution in [-0.2, 0) is 5.54 Å². The molecule has 1 aliphatic carbocycles. The van der Waals surface area contributed by atoms with E-state index < -0.39 is 11.9 Å². The molecule has 0 amide bonds. The zero-order valence-electron chi connectivity index (χ0n) is 13.9. The van der Waals surface area contributed by atoms with Gasteiger partial charge in [-0.05, 0) is 18.4 Å². The van der Waals surface area contributed by atoms with Crippen LogP contribution in [0, 0.1) is 0 Å². The van der Waals surface area contributed by atoms with Crippen LogP contribution in [0.15, 0.2) is 61.6 Å². The van der Waals surface area contributed by atoms with Crippen molar-refractivity contribution < 1.29 is 13.2 Å². The maximum absolute atomic E-state index is 12.4. The Morgan fingerprint density at radius 3 is 2.15 bits per heavy atom. The Morgan fingerprint density at radius 2 is 1.62 bits per heavy atom. The van der Waals surface area contributed by atoms with E-state index in [0.29, 0.717) is 11.5 Å². The van der Waals surface area contributed by atoms with Crippen molar-refractivity contribution in [2.75, 3.05) is 5.32 Å². The maximum Gasteiger partial charge on any atom is 0.432 e.